The van der Waals surface area contributed by atoms with Crippen LogP contribution in [0.1, 0.15) is 91.2 Å². The van der Waals surface area contributed by atoms with Crippen molar-refractivity contribution < 1.29 is 56.2 Å². The second kappa shape index (κ2) is 21.5. The minimum atomic E-state index is -4.30. The molecule has 0 aliphatic carbocycles. The van der Waals surface area contributed by atoms with Gasteiger partial charge in [-0.15, -0.1) is 0 Å². The molecule has 13 heteroatoms. The van der Waals surface area contributed by atoms with Gasteiger partial charge in [-0.25, -0.2) is 4.57 Å². The minimum absolute atomic E-state index is 0.0189. The number of phosphoric ester groups is 1. The third-order valence-electron chi connectivity index (χ3n) is 7.83. The van der Waals surface area contributed by atoms with Gasteiger partial charge in [-0.2, -0.15) is 0 Å². The van der Waals surface area contributed by atoms with Gasteiger partial charge in [-0.3, -0.25) is 23.2 Å². The number of hydrogen-bond donors (Lipinski definition) is 0. The Morgan fingerprint density at radius 2 is 1.29 bits per heavy atom. The molecule has 1 heterocycles. The van der Waals surface area contributed by atoms with Crippen molar-refractivity contribution in [2.24, 2.45) is 5.41 Å². The molecule has 0 radical (unpaired) electrons. The molecule has 0 bridgehead atoms. The zero-order valence-corrected chi connectivity index (χ0v) is 31.7. The van der Waals surface area contributed by atoms with E-state index in [1.54, 1.807) is 20.8 Å². The zero-order valence-electron chi connectivity index (χ0n) is 30.8. The van der Waals surface area contributed by atoms with E-state index in [0.717, 1.165) is 24.0 Å². The molecular weight excluding hydrogens is 679 g/mol. The fourth-order valence-electron chi connectivity index (χ4n) is 4.84. The Balaban J connectivity index is 2.08. The average molecular weight is 735 g/mol. The Kier molecular flexibility index (Phi) is 17.9. The van der Waals surface area contributed by atoms with Gasteiger partial charge >= 0.3 is 19.8 Å². The van der Waals surface area contributed by atoms with Crippen LogP contribution >= 0.6 is 7.82 Å². The van der Waals surface area contributed by atoms with Gasteiger partial charge in [-0.05, 0) is 51.7 Å². The van der Waals surface area contributed by atoms with E-state index in [-0.39, 0.29) is 51.7 Å². The van der Waals surface area contributed by atoms with Gasteiger partial charge in [-0.1, -0.05) is 87.4 Å². The second-order valence-corrected chi connectivity index (χ2v) is 15.1. The first kappa shape index (κ1) is 42.5. The summed E-state index contributed by atoms with van der Waals surface area (Å²) < 4.78 is 62.8. The summed E-state index contributed by atoms with van der Waals surface area (Å²) in [6.45, 7) is 10.5. The molecule has 284 valence electrons. The third-order valence-corrected chi connectivity index (χ3v) is 9.30. The summed E-state index contributed by atoms with van der Waals surface area (Å²) in [6.07, 6.45) is -3.40. The molecule has 0 saturated carbocycles. The van der Waals surface area contributed by atoms with Gasteiger partial charge in [0, 0.05) is 6.42 Å². The molecule has 51 heavy (non-hydrogen) atoms. The molecule has 1 fully saturated rings. The topological polar surface area (TPSA) is 142 Å². The van der Waals surface area contributed by atoms with E-state index < -0.39 is 55.9 Å². The Morgan fingerprint density at radius 3 is 1.78 bits per heavy atom. The van der Waals surface area contributed by atoms with E-state index in [4.69, 9.17) is 37.3 Å². The molecule has 2 aromatic carbocycles. The SMILES string of the molecule is CCCCOP(=O)(OCCCC)OC1O[C@H](COC(=O)CCC(C)=O)[C@@H](OCc2ccccc2)[C@H](OCc2ccccc2)[C@H]1OC(=O)C(C)(C)C. The lowest BCUT2D eigenvalue weighted by Crippen LogP contribution is -2.62. The van der Waals surface area contributed by atoms with Crippen LogP contribution in [0.25, 0.3) is 0 Å². The molecule has 1 aliphatic rings. The van der Waals surface area contributed by atoms with Crippen molar-refractivity contribution >= 4 is 25.5 Å². The van der Waals surface area contributed by atoms with Gasteiger partial charge in [0.1, 0.15) is 30.7 Å². The van der Waals surface area contributed by atoms with Crippen molar-refractivity contribution in [2.75, 3.05) is 19.8 Å². The van der Waals surface area contributed by atoms with Crippen LogP contribution in [0.4, 0.5) is 0 Å². The first-order valence-corrected chi connectivity index (χ1v) is 19.2. The van der Waals surface area contributed by atoms with Crippen molar-refractivity contribution in [1.29, 1.82) is 0 Å². The largest absolute Gasteiger partial charge is 0.477 e. The standard InChI is InChI=1S/C38H55O12P/c1-7-9-23-46-51(42,47-24-10-8-2)50-36-35(49-37(41)38(4,5)6)34(45-26-30-19-15-12-16-20-30)33(44-25-29-17-13-11-14-18-29)31(48-36)27-43-32(40)22-21-28(3)39/h11-20,31,33-36H,7-10,21-27H2,1-6H3/t31-,33-,34+,35-,36?/m1/s1. The van der Waals surface area contributed by atoms with Crippen LogP contribution in [0.3, 0.4) is 0 Å². The quantitative estimate of drug-likeness (QED) is 0.0671. The molecule has 0 N–H and O–H groups in total. The molecule has 2 aromatic rings. The summed E-state index contributed by atoms with van der Waals surface area (Å²) in [7, 11) is -4.30. The van der Waals surface area contributed by atoms with Gasteiger partial charge in [0.2, 0.25) is 6.29 Å². The van der Waals surface area contributed by atoms with E-state index in [1.165, 1.54) is 6.92 Å². The van der Waals surface area contributed by atoms with Crippen molar-refractivity contribution in [2.45, 2.75) is 124 Å². The number of rotatable bonds is 22. The lowest BCUT2D eigenvalue weighted by Gasteiger charge is -2.45. The first-order chi connectivity index (χ1) is 24.3. The van der Waals surface area contributed by atoms with E-state index in [2.05, 4.69) is 0 Å². The van der Waals surface area contributed by atoms with Crippen molar-refractivity contribution in [1.82, 2.24) is 0 Å². The maximum Gasteiger partial charge on any atom is 0.477 e. The third kappa shape index (κ3) is 14.9. The molecule has 1 unspecified atom stereocenters. The maximum atomic E-state index is 14.2. The molecule has 5 atom stereocenters. The molecule has 12 nitrogen and oxygen atoms in total. The number of carbonyl (C=O) groups excluding carboxylic acids is 3. The van der Waals surface area contributed by atoms with Crippen LogP contribution in [0.5, 0.6) is 0 Å². The molecule has 0 amide bonds. The Hall–Kier alpha value is -2.96. The van der Waals surface area contributed by atoms with Crippen LogP contribution in [-0.2, 0) is 69.4 Å². The number of phosphoric acid groups is 1. The Morgan fingerprint density at radius 1 is 0.765 bits per heavy atom. The summed E-state index contributed by atoms with van der Waals surface area (Å²) in [4.78, 5) is 37.8. The Labute approximate surface area is 302 Å². The van der Waals surface area contributed by atoms with Crippen molar-refractivity contribution in [3.05, 3.63) is 71.8 Å². The molecular formula is C38H55O12P. The molecule has 1 saturated heterocycles. The lowest BCUT2D eigenvalue weighted by molar-refractivity contribution is -0.305. The molecule has 0 aromatic heterocycles. The number of benzene rings is 2. The summed E-state index contributed by atoms with van der Waals surface area (Å²) in [5, 5.41) is 0. The fraction of sp³-hybridized carbons (Fsp3) is 0.605. The smallest absolute Gasteiger partial charge is 0.463 e. The van der Waals surface area contributed by atoms with Crippen LogP contribution < -0.4 is 0 Å². The summed E-state index contributed by atoms with van der Waals surface area (Å²) in [5.74, 6) is -1.37. The fourth-order valence-corrected chi connectivity index (χ4v) is 6.17. The lowest BCUT2D eigenvalue weighted by atomic mass is 9.95. The van der Waals surface area contributed by atoms with E-state index in [0.29, 0.717) is 12.8 Å². The highest BCUT2D eigenvalue weighted by atomic mass is 31.2. The highest BCUT2D eigenvalue weighted by Gasteiger charge is 2.53. The van der Waals surface area contributed by atoms with Crippen molar-refractivity contribution in [3.63, 3.8) is 0 Å². The van der Waals surface area contributed by atoms with E-state index in [9.17, 15) is 18.9 Å². The van der Waals surface area contributed by atoms with Crippen LogP contribution in [0.2, 0.25) is 0 Å². The second-order valence-electron chi connectivity index (χ2n) is 13.5. The number of Topliss-reactive ketones (excluding diaryl/α,β-unsaturated/α-hetero) is 1. The monoisotopic (exact) mass is 734 g/mol. The van der Waals surface area contributed by atoms with Gasteiger partial charge in [0.15, 0.2) is 6.10 Å². The molecule has 3 rings (SSSR count). The highest BCUT2D eigenvalue weighted by molar-refractivity contribution is 7.48. The molecule has 1 aliphatic heterocycles. The first-order valence-electron chi connectivity index (χ1n) is 17.7. The zero-order chi connectivity index (χ0) is 37.3. The minimum Gasteiger partial charge on any atom is -0.463 e. The molecule has 0 spiro atoms. The number of esters is 2. The average Bonchev–Trinajstić information content (AvgIpc) is 3.10. The van der Waals surface area contributed by atoms with Crippen molar-refractivity contribution in [3.8, 4) is 0 Å². The van der Waals surface area contributed by atoms with Crippen LogP contribution in [0.15, 0.2) is 60.7 Å². The number of hydrogen-bond acceptors (Lipinski definition) is 12. The highest BCUT2D eigenvalue weighted by Crippen LogP contribution is 2.53. The van der Waals surface area contributed by atoms with E-state index in [1.807, 2.05) is 74.5 Å². The van der Waals surface area contributed by atoms with Gasteiger partial charge < -0.3 is 28.5 Å². The number of unbranched alkanes of at least 4 members (excludes halogenated alkanes) is 2. The van der Waals surface area contributed by atoms with E-state index >= 15 is 0 Å². The summed E-state index contributed by atoms with van der Waals surface area (Å²) in [6, 6.07) is 18.8. The number of carbonyl (C=O) groups is 3. The summed E-state index contributed by atoms with van der Waals surface area (Å²) >= 11 is 0. The normalized spacial score (nSPS) is 20.9. The maximum absolute atomic E-state index is 14.2. The predicted molar refractivity (Wildman–Crippen MR) is 189 cm³/mol. The van der Waals surface area contributed by atoms with Gasteiger partial charge in [0.25, 0.3) is 0 Å². The van der Waals surface area contributed by atoms with Crippen LogP contribution in [0, 0.1) is 5.41 Å². The van der Waals surface area contributed by atoms with Crippen LogP contribution in [-0.4, -0.2) is 68.2 Å². The number of ketones is 1. The van der Waals surface area contributed by atoms with Gasteiger partial charge in [0.05, 0.1) is 38.3 Å². The number of ether oxygens (including phenoxy) is 5. The Bertz CT molecular complexity index is 1370. The predicted octanol–water partition coefficient (Wildman–Crippen LogP) is 7.51. The summed E-state index contributed by atoms with van der Waals surface area (Å²) in [5.41, 5.74) is 0.723.